The van der Waals surface area contributed by atoms with Gasteiger partial charge in [-0.3, -0.25) is 4.99 Å². The van der Waals surface area contributed by atoms with E-state index in [1.807, 2.05) is 18.4 Å². The molecule has 124 valence electrons. The Kier molecular flexibility index (Phi) is 6.26. The van der Waals surface area contributed by atoms with Crippen LogP contribution in [0.15, 0.2) is 17.1 Å². The third-order valence-corrected chi connectivity index (χ3v) is 5.24. The minimum atomic E-state index is 0.378. The number of nitrogens with one attached hydrogen (secondary N) is 2. The van der Waals surface area contributed by atoms with Gasteiger partial charge in [-0.25, -0.2) is 0 Å². The molecule has 1 aromatic heterocycles. The molecule has 2 rings (SSSR count). The first-order chi connectivity index (χ1) is 10.5. The number of aliphatic imine (C=N–C) groups is 1. The Morgan fingerprint density at radius 2 is 2.14 bits per heavy atom. The van der Waals surface area contributed by atoms with Crippen LogP contribution in [0.1, 0.15) is 29.5 Å². The molecule has 1 heterocycles. The van der Waals surface area contributed by atoms with Gasteiger partial charge in [0, 0.05) is 41.9 Å². The summed E-state index contributed by atoms with van der Waals surface area (Å²) >= 11 is 1.88. The first-order valence-corrected chi connectivity index (χ1v) is 9.00. The lowest BCUT2D eigenvalue weighted by atomic mass is 10.1. The number of likely N-dealkylation sites (N-methyl/N-ethyl adjacent to an activating group) is 1. The summed E-state index contributed by atoms with van der Waals surface area (Å²) in [5, 5.41) is 7.00. The monoisotopic (exact) mass is 322 g/mol. The third kappa shape index (κ3) is 5.29. The largest absolute Gasteiger partial charge is 0.355 e. The van der Waals surface area contributed by atoms with Crippen molar-refractivity contribution in [3.05, 3.63) is 21.9 Å². The van der Waals surface area contributed by atoms with Crippen LogP contribution in [-0.4, -0.2) is 50.6 Å². The zero-order valence-electron chi connectivity index (χ0n) is 14.5. The maximum atomic E-state index is 4.37. The molecule has 0 aliphatic heterocycles. The topological polar surface area (TPSA) is 39.7 Å². The summed E-state index contributed by atoms with van der Waals surface area (Å²) in [7, 11) is 6.18. The van der Waals surface area contributed by atoms with Crippen molar-refractivity contribution >= 4 is 17.3 Å². The van der Waals surface area contributed by atoms with Gasteiger partial charge in [0.2, 0.25) is 0 Å². The number of hydrogen-bond donors (Lipinski definition) is 2. The van der Waals surface area contributed by atoms with Crippen molar-refractivity contribution in [3.63, 3.8) is 0 Å². The van der Waals surface area contributed by atoms with Gasteiger partial charge in [0.25, 0.3) is 0 Å². The molecule has 1 aromatic rings. The van der Waals surface area contributed by atoms with Crippen molar-refractivity contribution in [2.75, 3.05) is 27.7 Å². The van der Waals surface area contributed by atoms with Gasteiger partial charge in [0.1, 0.15) is 0 Å². The van der Waals surface area contributed by atoms with E-state index >= 15 is 0 Å². The van der Waals surface area contributed by atoms with Crippen molar-refractivity contribution in [2.45, 2.75) is 45.2 Å². The fraction of sp³-hybridized carbons (Fsp3) is 0.706. The van der Waals surface area contributed by atoms with Crippen LogP contribution < -0.4 is 10.6 Å². The number of guanidine groups is 1. The van der Waals surface area contributed by atoms with E-state index in [9.17, 15) is 0 Å². The lowest BCUT2D eigenvalue weighted by Gasteiger charge is -2.26. The first kappa shape index (κ1) is 17.3. The molecule has 0 saturated heterocycles. The molecule has 1 aliphatic carbocycles. The summed E-state index contributed by atoms with van der Waals surface area (Å²) in [5.74, 6) is 1.76. The lowest BCUT2D eigenvalue weighted by Crippen LogP contribution is -2.48. The Morgan fingerprint density at radius 3 is 2.64 bits per heavy atom. The predicted molar refractivity (Wildman–Crippen MR) is 96.9 cm³/mol. The first-order valence-electron chi connectivity index (χ1n) is 8.18. The Morgan fingerprint density at radius 1 is 1.41 bits per heavy atom. The molecule has 0 bridgehead atoms. The highest BCUT2D eigenvalue weighted by atomic mass is 32.1. The van der Waals surface area contributed by atoms with Crippen LogP contribution in [0.25, 0.3) is 0 Å². The van der Waals surface area contributed by atoms with E-state index in [0.717, 1.165) is 24.8 Å². The average molecular weight is 323 g/mol. The van der Waals surface area contributed by atoms with Crippen LogP contribution >= 0.6 is 11.3 Å². The maximum absolute atomic E-state index is 4.37. The standard InChI is InChI=1S/C17H30N4S/c1-12(10-15-9-6-13(2)22-15)20-17(18-3)19-11-16(21(4)5)14-7-8-14/h6,9,12,14,16H,7-8,10-11H2,1-5H3,(H2,18,19,20). The van der Waals surface area contributed by atoms with Crippen molar-refractivity contribution in [3.8, 4) is 0 Å². The summed E-state index contributed by atoms with van der Waals surface area (Å²) in [6.45, 7) is 5.33. The number of rotatable bonds is 7. The second-order valence-corrected chi connectivity index (χ2v) is 7.96. The molecule has 0 radical (unpaired) electrons. The Labute approximate surface area is 139 Å². The number of hydrogen-bond acceptors (Lipinski definition) is 3. The van der Waals surface area contributed by atoms with Crippen LogP contribution in [0.5, 0.6) is 0 Å². The average Bonchev–Trinajstić information content (AvgIpc) is 3.20. The van der Waals surface area contributed by atoms with Gasteiger partial charge in [-0.15, -0.1) is 11.3 Å². The van der Waals surface area contributed by atoms with Crippen LogP contribution in [0, 0.1) is 12.8 Å². The summed E-state index contributed by atoms with van der Waals surface area (Å²) in [6.07, 6.45) is 3.77. The van der Waals surface area contributed by atoms with Gasteiger partial charge < -0.3 is 15.5 Å². The summed E-state index contributed by atoms with van der Waals surface area (Å²) in [5.41, 5.74) is 0. The molecular formula is C17H30N4S. The minimum Gasteiger partial charge on any atom is -0.355 e. The number of nitrogens with zero attached hydrogens (tertiary/aromatic N) is 2. The van der Waals surface area contributed by atoms with E-state index in [4.69, 9.17) is 0 Å². The maximum Gasteiger partial charge on any atom is 0.191 e. The normalized spacial score (nSPS) is 18.4. The third-order valence-electron chi connectivity index (χ3n) is 4.22. The fourth-order valence-corrected chi connectivity index (χ4v) is 3.85. The van der Waals surface area contributed by atoms with E-state index in [1.54, 1.807) is 0 Å². The summed E-state index contributed by atoms with van der Waals surface area (Å²) in [4.78, 5) is 9.50. The molecule has 0 aromatic carbocycles. The van der Waals surface area contributed by atoms with Gasteiger partial charge in [0.15, 0.2) is 5.96 Å². The molecule has 0 amide bonds. The zero-order chi connectivity index (χ0) is 16.1. The second-order valence-electron chi connectivity index (χ2n) is 6.58. The Bertz CT molecular complexity index is 489. The smallest absolute Gasteiger partial charge is 0.191 e. The van der Waals surface area contributed by atoms with Crippen LogP contribution in [0.3, 0.4) is 0 Å². The Hall–Kier alpha value is -1.07. The molecule has 2 unspecified atom stereocenters. The molecular weight excluding hydrogens is 292 g/mol. The SMILES string of the molecule is CN=C(NCC(C1CC1)N(C)C)NC(C)Cc1ccc(C)s1. The number of aryl methyl sites for hydroxylation is 1. The van der Waals surface area contributed by atoms with Crippen LogP contribution in [0.4, 0.5) is 0 Å². The summed E-state index contributed by atoms with van der Waals surface area (Å²) < 4.78 is 0. The summed E-state index contributed by atoms with van der Waals surface area (Å²) in [6, 6.07) is 5.40. The Balaban J connectivity index is 1.78. The van der Waals surface area contributed by atoms with Crippen LogP contribution in [-0.2, 0) is 6.42 Å². The fourth-order valence-electron chi connectivity index (χ4n) is 2.83. The molecule has 0 spiro atoms. The molecule has 1 aliphatic rings. The predicted octanol–water partition coefficient (Wildman–Crippen LogP) is 2.49. The molecule has 1 saturated carbocycles. The van der Waals surface area contributed by atoms with Crippen LogP contribution in [0.2, 0.25) is 0 Å². The highest BCUT2D eigenvalue weighted by Crippen LogP contribution is 2.34. The molecule has 2 N–H and O–H groups in total. The second kappa shape index (κ2) is 7.97. The van der Waals surface area contributed by atoms with E-state index in [-0.39, 0.29) is 0 Å². The molecule has 1 fully saturated rings. The van der Waals surface area contributed by atoms with E-state index in [2.05, 4.69) is 60.6 Å². The van der Waals surface area contributed by atoms with Gasteiger partial charge in [0.05, 0.1) is 0 Å². The molecule has 5 heteroatoms. The van der Waals surface area contributed by atoms with Crippen molar-refractivity contribution in [2.24, 2.45) is 10.9 Å². The number of thiophene rings is 1. The zero-order valence-corrected chi connectivity index (χ0v) is 15.3. The van der Waals surface area contributed by atoms with E-state index in [0.29, 0.717) is 12.1 Å². The quantitative estimate of drug-likeness (QED) is 0.598. The van der Waals surface area contributed by atoms with E-state index < -0.39 is 0 Å². The minimum absolute atomic E-state index is 0.378. The van der Waals surface area contributed by atoms with Gasteiger partial charge in [-0.05, 0) is 58.8 Å². The lowest BCUT2D eigenvalue weighted by molar-refractivity contribution is 0.264. The van der Waals surface area contributed by atoms with Gasteiger partial charge in [-0.2, -0.15) is 0 Å². The van der Waals surface area contributed by atoms with Crippen molar-refractivity contribution < 1.29 is 0 Å². The van der Waals surface area contributed by atoms with Crippen molar-refractivity contribution in [1.29, 1.82) is 0 Å². The highest BCUT2D eigenvalue weighted by molar-refractivity contribution is 7.11. The van der Waals surface area contributed by atoms with Crippen molar-refractivity contribution in [1.82, 2.24) is 15.5 Å². The highest BCUT2D eigenvalue weighted by Gasteiger charge is 2.32. The molecule has 4 nitrogen and oxygen atoms in total. The molecule has 22 heavy (non-hydrogen) atoms. The molecule has 2 atom stereocenters. The van der Waals surface area contributed by atoms with Gasteiger partial charge in [-0.1, -0.05) is 0 Å². The van der Waals surface area contributed by atoms with Gasteiger partial charge >= 0.3 is 0 Å². The van der Waals surface area contributed by atoms with E-state index in [1.165, 1.54) is 22.6 Å².